The van der Waals surface area contributed by atoms with E-state index in [1.165, 1.54) is 16.7 Å². The molecule has 1 saturated heterocycles. The zero-order chi connectivity index (χ0) is 19.9. The van der Waals surface area contributed by atoms with Gasteiger partial charge in [-0.1, -0.05) is 12.1 Å². The highest BCUT2D eigenvalue weighted by molar-refractivity contribution is 7.91. The van der Waals surface area contributed by atoms with E-state index in [1.54, 1.807) is 38.4 Å². The Morgan fingerprint density at radius 1 is 1.07 bits per heavy atom. The minimum absolute atomic E-state index is 0.0740. The van der Waals surface area contributed by atoms with Gasteiger partial charge in [0, 0.05) is 46.3 Å². The maximum Gasteiger partial charge on any atom is 0.419 e. The van der Waals surface area contributed by atoms with Gasteiger partial charge in [-0.25, -0.2) is 13.2 Å². The smallest absolute Gasteiger partial charge is 0.408 e. The Morgan fingerprint density at radius 3 is 2.50 bits per heavy atom. The third-order valence-corrected chi connectivity index (χ3v) is 7.18. The van der Waals surface area contributed by atoms with Crippen LogP contribution in [-0.4, -0.2) is 33.3 Å². The highest BCUT2D eigenvalue weighted by atomic mass is 32.2. The molecule has 0 radical (unpaired) electrons. The van der Waals surface area contributed by atoms with E-state index >= 15 is 0 Å². The molecule has 0 N–H and O–H groups in total. The standard InChI is InChI=1S/C20H21NO6S/c1-21-17-7-6-16(13-18(17)27-19(21)22)28(23,24)15-5-3-4-14(12-15)20(25-2)8-10-26-11-9-20/h3-7,12-13H,8-11H2,1-2H3. The zero-order valence-electron chi connectivity index (χ0n) is 15.7. The molecule has 148 valence electrons. The van der Waals surface area contributed by atoms with Crippen LogP contribution in [0.2, 0.25) is 0 Å². The molecular formula is C20H21NO6S. The van der Waals surface area contributed by atoms with Crippen LogP contribution in [0, 0.1) is 0 Å². The predicted octanol–water partition coefficient (Wildman–Crippen LogP) is 2.62. The summed E-state index contributed by atoms with van der Waals surface area (Å²) in [6, 6.07) is 11.3. The van der Waals surface area contributed by atoms with Crippen LogP contribution in [0.3, 0.4) is 0 Å². The van der Waals surface area contributed by atoms with Crippen molar-refractivity contribution in [3.63, 3.8) is 0 Å². The molecule has 0 amide bonds. The molecule has 8 heteroatoms. The molecule has 0 unspecified atom stereocenters. The molecule has 0 aliphatic carbocycles. The average molecular weight is 403 g/mol. The first-order chi connectivity index (χ1) is 13.4. The molecule has 0 bridgehead atoms. The molecule has 0 spiro atoms. The van der Waals surface area contributed by atoms with Crippen molar-refractivity contribution in [2.45, 2.75) is 28.2 Å². The lowest BCUT2D eigenvalue weighted by Gasteiger charge is -2.36. The van der Waals surface area contributed by atoms with Crippen molar-refractivity contribution in [1.29, 1.82) is 0 Å². The Kier molecular flexibility index (Phi) is 4.65. The summed E-state index contributed by atoms with van der Waals surface area (Å²) in [5, 5.41) is 0. The summed E-state index contributed by atoms with van der Waals surface area (Å²) in [6.07, 6.45) is 1.32. The Hall–Kier alpha value is -2.42. The second kappa shape index (κ2) is 6.88. The van der Waals surface area contributed by atoms with Crippen LogP contribution >= 0.6 is 0 Å². The van der Waals surface area contributed by atoms with Gasteiger partial charge in [-0.2, -0.15) is 0 Å². The molecule has 1 aromatic heterocycles. The van der Waals surface area contributed by atoms with Gasteiger partial charge in [-0.15, -0.1) is 0 Å². The minimum Gasteiger partial charge on any atom is -0.408 e. The van der Waals surface area contributed by atoms with Crippen LogP contribution < -0.4 is 5.76 Å². The summed E-state index contributed by atoms with van der Waals surface area (Å²) in [4.78, 5) is 11.9. The fourth-order valence-corrected chi connectivity index (χ4v) is 5.00. The van der Waals surface area contributed by atoms with Gasteiger partial charge in [0.15, 0.2) is 5.58 Å². The third-order valence-electron chi connectivity index (χ3n) is 5.44. The van der Waals surface area contributed by atoms with E-state index in [-0.39, 0.29) is 15.4 Å². The maximum absolute atomic E-state index is 13.2. The summed E-state index contributed by atoms with van der Waals surface area (Å²) in [7, 11) is -0.578. The van der Waals surface area contributed by atoms with Gasteiger partial charge in [-0.05, 0) is 29.8 Å². The van der Waals surface area contributed by atoms with Crippen molar-refractivity contribution in [3.05, 3.63) is 58.6 Å². The number of benzene rings is 2. The molecule has 7 nitrogen and oxygen atoms in total. The van der Waals surface area contributed by atoms with E-state index in [1.807, 2.05) is 6.07 Å². The largest absolute Gasteiger partial charge is 0.419 e. The van der Waals surface area contributed by atoms with Gasteiger partial charge in [0.05, 0.1) is 20.9 Å². The van der Waals surface area contributed by atoms with Crippen molar-refractivity contribution in [1.82, 2.24) is 4.57 Å². The molecule has 2 heterocycles. The Bertz CT molecular complexity index is 1180. The zero-order valence-corrected chi connectivity index (χ0v) is 16.5. The first-order valence-electron chi connectivity index (χ1n) is 8.95. The number of hydrogen-bond acceptors (Lipinski definition) is 6. The van der Waals surface area contributed by atoms with E-state index in [0.29, 0.717) is 31.6 Å². The second-order valence-electron chi connectivity index (χ2n) is 6.90. The fraction of sp³-hybridized carbons (Fsp3) is 0.350. The molecule has 3 aromatic rings. The number of hydrogen-bond donors (Lipinski definition) is 0. The summed E-state index contributed by atoms with van der Waals surface area (Å²) in [5.74, 6) is -0.534. The number of nitrogens with zero attached hydrogens (tertiary/aromatic N) is 1. The quantitative estimate of drug-likeness (QED) is 0.665. The molecule has 1 fully saturated rings. The molecule has 4 rings (SSSR count). The Labute approximate surface area is 162 Å². The van der Waals surface area contributed by atoms with Crippen LogP contribution in [0.15, 0.2) is 61.5 Å². The number of ether oxygens (including phenoxy) is 2. The Balaban J connectivity index is 1.79. The number of oxazole rings is 1. The van der Waals surface area contributed by atoms with E-state index in [9.17, 15) is 13.2 Å². The van der Waals surface area contributed by atoms with Gasteiger partial charge < -0.3 is 13.9 Å². The predicted molar refractivity (Wildman–Crippen MR) is 102 cm³/mol. The van der Waals surface area contributed by atoms with Gasteiger partial charge in [0.2, 0.25) is 9.84 Å². The maximum atomic E-state index is 13.2. The lowest BCUT2D eigenvalue weighted by Crippen LogP contribution is -2.35. The lowest BCUT2D eigenvalue weighted by atomic mass is 9.86. The summed E-state index contributed by atoms with van der Waals surface area (Å²) in [6.45, 7) is 1.13. The second-order valence-corrected chi connectivity index (χ2v) is 8.85. The molecule has 0 atom stereocenters. The molecule has 0 saturated carbocycles. The summed E-state index contributed by atoms with van der Waals surface area (Å²) in [5.41, 5.74) is 1.03. The molecule has 2 aromatic carbocycles. The average Bonchev–Trinajstić information content (AvgIpc) is 3.01. The normalized spacial score (nSPS) is 17.1. The molecular weight excluding hydrogens is 382 g/mol. The van der Waals surface area contributed by atoms with E-state index in [2.05, 4.69) is 0 Å². The lowest BCUT2D eigenvalue weighted by molar-refractivity contribution is -0.0948. The number of aryl methyl sites for hydroxylation is 1. The first kappa shape index (κ1) is 18.9. The van der Waals surface area contributed by atoms with E-state index < -0.39 is 21.2 Å². The topological polar surface area (TPSA) is 87.7 Å². The van der Waals surface area contributed by atoms with Crippen LogP contribution in [0.25, 0.3) is 11.1 Å². The van der Waals surface area contributed by atoms with Crippen LogP contribution in [0.1, 0.15) is 18.4 Å². The first-order valence-corrected chi connectivity index (χ1v) is 10.4. The fourth-order valence-electron chi connectivity index (χ4n) is 3.68. The minimum atomic E-state index is -3.79. The number of methoxy groups -OCH3 is 1. The number of aromatic nitrogens is 1. The van der Waals surface area contributed by atoms with Crippen LogP contribution in [0.4, 0.5) is 0 Å². The molecule has 1 aliphatic rings. The summed E-state index contributed by atoms with van der Waals surface area (Å²) >= 11 is 0. The highest BCUT2D eigenvalue weighted by Gasteiger charge is 2.35. The highest BCUT2D eigenvalue weighted by Crippen LogP contribution is 2.37. The Morgan fingerprint density at radius 2 is 1.79 bits per heavy atom. The van der Waals surface area contributed by atoms with E-state index in [4.69, 9.17) is 13.9 Å². The van der Waals surface area contributed by atoms with E-state index in [0.717, 1.165) is 5.56 Å². The summed E-state index contributed by atoms with van der Waals surface area (Å²) < 4.78 is 44.1. The molecule has 1 aliphatic heterocycles. The number of rotatable bonds is 4. The van der Waals surface area contributed by atoms with Crippen LogP contribution in [0.5, 0.6) is 0 Å². The van der Waals surface area contributed by atoms with Crippen molar-refractivity contribution in [2.75, 3.05) is 20.3 Å². The SMILES string of the molecule is COC1(c2cccc(S(=O)(=O)c3ccc4c(c3)oc(=O)n4C)c2)CCOCC1. The van der Waals surface area contributed by atoms with Gasteiger partial charge in [-0.3, -0.25) is 4.57 Å². The van der Waals surface area contributed by atoms with Crippen molar-refractivity contribution >= 4 is 20.9 Å². The molecule has 28 heavy (non-hydrogen) atoms. The van der Waals surface area contributed by atoms with Crippen molar-refractivity contribution in [3.8, 4) is 0 Å². The number of sulfone groups is 1. The number of fused-ring (bicyclic) bond motifs is 1. The van der Waals surface area contributed by atoms with Crippen LogP contribution in [-0.2, 0) is 32.0 Å². The van der Waals surface area contributed by atoms with Gasteiger partial charge in [0.1, 0.15) is 0 Å². The van der Waals surface area contributed by atoms with Crippen molar-refractivity contribution < 1.29 is 22.3 Å². The van der Waals surface area contributed by atoms with Crippen molar-refractivity contribution in [2.24, 2.45) is 7.05 Å². The van der Waals surface area contributed by atoms with Gasteiger partial charge in [0.25, 0.3) is 0 Å². The monoisotopic (exact) mass is 403 g/mol. The third kappa shape index (κ3) is 2.97. The van der Waals surface area contributed by atoms with Gasteiger partial charge >= 0.3 is 5.76 Å².